The van der Waals surface area contributed by atoms with Gasteiger partial charge in [0, 0.05) is 48.4 Å². The molecule has 257 valence electrons. The van der Waals surface area contributed by atoms with E-state index in [1.807, 2.05) is 66.2 Å². The zero-order valence-corrected chi connectivity index (χ0v) is 32.6. The number of nitrogens with zero attached hydrogens (tertiary/aromatic N) is 4. The average Bonchev–Trinajstić information content (AvgIpc) is 3.76. The molecule has 4 aromatic heterocycles. The van der Waals surface area contributed by atoms with Crippen LogP contribution in [0.15, 0.2) is 146 Å². The molecule has 0 spiro atoms. The summed E-state index contributed by atoms with van der Waals surface area (Å²) >= 11 is 1.83. The molecule has 4 heterocycles. The van der Waals surface area contributed by atoms with Crippen molar-refractivity contribution in [3.8, 4) is 39.5 Å². The Morgan fingerprint density at radius 1 is 0.750 bits per heavy atom. The van der Waals surface area contributed by atoms with E-state index in [2.05, 4.69) is 139 Å². The third-order valence-corrected chi connectivity index (χ3v) is 10.3. The van der Waals surface area contributed by atoms with Gasteiger partial charge in [-0.05, 0) is 56.6 Å². The Morgan fingerprint density at radius 2 is 1.50 bits per heavy atom. The largest absolute Gasteiger partial charge is 0.333 e. The quantitative estimate of drug-likeness (QED) is 0.166. The fourth-order valence-electron chi connectivity index (χ4n) is 6.61. The van der Waals surface area contributed by atoms with Crippen molar-refractivity contribution in [2.24, 2.45) is 0 Å². The first-order chi connectivity index (χ1) is 24.9. The summed E-state index contributed by atoms with van der Waals surface area (Å²) in [5.74, 6) is 0.898. The van der Waals surface area contributed by atoms with Gasteiger partial charge in [-0.15, -0.1) is 53.6 Å². The summed E-state index contributed by atoms with van der Waals surface area (Å²) < 4.78 is 4.79. The molecule has 0 N–H and O–H groups in total. The molecule has 4 nitrogen and oxygen atoms in total. The van der Waals surface area contributed by atoms with Gasteiger partial charge in [-0.25, -0.2) is 0 Å². The van der Waals surface area contributed by atoms with E-state index in [9.17, 15) is 0 Å². The van der Waals surface area contributed by atoms with Crippen LogP contribution in [0.2, 0.25) is 0 Å². The van der Waals surface area contributed by atoms with E-state index in [-0.39, 0.29) is 25.5 Å². The topological polar surface area (TPSA) is 43.6 Å². The predicted molar refractivity (Wildman–Crippen MR) is 213 cm³/mol. The Bertz CT molecular complexity index is 2570. The molecule has 0 aliphatic carbocycles. The van der Waals surface area contributed by atoms with Crippen LogP contribution in [-0.2, 0) is 25.5 Å². The summed E-state index contributed by atoms with van der Waals surface area (Å²) in [6, 6.07) is 50.5. The maximum atomic E-state index is 5.22. The SMILES string of the molecule is Cc1c[c-]c(-c2nc3cncc(C(C)(C)C)c3n2-c2ccccc2)c2sc3cc(-c4ccccc4)ccc3c12.[Ir].[c-]1ccccc1-c1ccccn1. The number of aryl methyl sites for hydroxylation is 1. The molecule has 5 aromatic carbocycles. The number of hydrogen-bond donors (Lipinski definition) is 0. The number of rotatable bonds is 4. The molecule has 0 saturated heterocycles. The van der Waals surface area contributed by atoms with Gasteiger partial charge in [-0.3, -0.25) is 9.97 Å². The van der Waals surface area contributed by atoms with Gasteiger partial charge in [0.15, 0.2) is 0 Å². The normalized spacial score (nSPS) is 11.3. The summed E-state index contributed by atoms with van der Waals surface area (Å²) in [4.78, 5) is 14.0. The fourth-order valence-corrected chi connectivity index (χ4v) is 7.92. The van der Waals surface area contributed by atoms with Gasteiger partial charge in [0.05, 0.1) is 23.1 Å². The van der Waals surface area contributed by atoms with Crippen LogP contribution in [0.3, 0.4) is 0 Å². The van der Waals surface area contributed by atoms with Crippen molar-refractivity contribution < 1.29 is 20.1 Å². The second-order valence-electron chi connectivity index (χ2n) is 13.6. The first-order valence-electron chi connectivity index (χ1n) is 17.1. The maximum absolute atomic E-state index is 5.22. The molecule has 9 rings (SSSR count). The number of imidazole rings is 1. The third kappa shape index (κ3) is 6.73. The molecule has 0 bridgehead atoms. The van der Waals surface area contributed by atoms with Crippen LogP contribution in [0.4, 0.5) is 0 Å². The van der Waals surface area contributed by atoms with Crippen LogP contribution in [0.1, 0.15) is 31.9 Å². The molecule has 0 saturated carbocycles. The van der Waals surface area contributed by atoms with Crippen molar-refractivity contribution in [2.75, 3.05) is 0 Å². The van der Waals surface area contributed by atoms with E-state index < -0.39 is 0 Å². The van der Waals surface area contributed by atoms with Gasteiger partial charge in [-0.2, -0.15) is 11.3 Å². The molecule has 0 atom stereocenters. The minimum Gasteiger partial charge on any atom is -0.333 e. The van der Waals surface area contributed by atoms with E-state index >= 15 is 0 Å². The molecule has 1 radical (unpaired) electrons. The summed E-state index contributed by atoms with van der Waals surface area (Å²) in [6.45, 7) is 8.88. The van der Waals surface area contributed by atoms with E-state index in [1.165, 1.54) is 42.4 Å². The van der Waals surface area contributed by atoms with Gasteiger partial charge in [0.25, 0.3) is 0 Å². The zero-order chi connectivity index (χ0) is 35.0. The van der Waals surface area contributed by atoms with Crippen LogP contribution in [0.5, 0.6) is 0 Å². The summed E-state index contributed by atoms with van der Waals surface area (Å²) in [6.07, 6.45) is 5.67. The zero-order valence-electron chi connectivity index (χ0n) is 29.4. The van der Waals surface area contributed by atoms with Gasteiger partial charge in [-0.1, -0.05) is 111 Å². The molecule has 52 heavy (non-hydrogen) atoms. The summed E-state index contributed by atoms with van der Waals surface area (Å²) in [7, 11) is 0. The number of fused-ring (bicyclic) bond motifs is 4. The number of hydrogen-bond acceptors (Lipinski definition) is 4. The Balaban J connectivity index is 0.000000275. The summed E-state index contributed by atoms with van der Waals surface area (Å²) in [5.41, 5.74) is 10.9. The second kappa shape index (κ2) is 14.8. The Labute approximate surface area is 322 Å². The fraction of sp³-hybridized carbons (Fsp3) is 0.109. The molecule has 0 aliphatic rings. The minimum absolute atomic E-state index is 0. The molecule has 0 amide bonds. The Kier molecular flexibility index (Phi) is 9.98. The molecular formula is C46H36IrN4S-2. The molecule has 6 heteroatoms. The standard InChI is InChI=1S/C35H28N3S.C11H8N.Ir/c1-22-15-17-27(33-31(22)26-18-16-24(19-30(26)39-33)23-11-7-5-8-12-23)34-37-29-21-36-20-28(35(2,3)4)32(29)38(34)25-13-9-6-10-14-25;1-2-6-10(7-3-1)11-8-4-5-9-12-11;/h5-16,18-21H,1-4H3;1-6,8-9H;/q2*-1;. The molecule has 0 aliphatic heterocycles. The van der Waals surface area contributed by atoms with Crippen molar-refractivity contribution in [1.82, 2.24) is 19.5 Å². The van der Waals surface area contributed by atoms with Gasteiger partial charge >= 0.3 is 0 Å². The Hall–Kier alpha value is -5.26. The van der Waals surface area contributed by atoms with Crippen LogP contribution in [0.25, 0.3) is 70.7 Å². The van der Waals surface area contributed by atoms with E-state index in [0.29, 0.717) is 0 Å². The minimum atomic E-state index is -0.0892. The smallest absolute Gasteiger partial charge is 0.0960 e. The third-order valence-electron chi connectivity index (χ3n) is 9.11. The molecular weight excluding hydrogens is 833 g/mol. The average molecular weight is 869 g/mol. The maximum Gasteiger partial charge on any atom is 0.0960 e. The van der Waals surface area contributed by atoms with Crippen molar-refractivity contribution in [2.45, 2.75) is 33.1 Å². The van der Waals surface area contributed by atoms with Crippen LogP contribution < -0.4 is 0 Å². The predicted octanol–water partition coefficient (Wildman–Crippen LogP) is 12.1. The molecule has 0 fully saturated rings. The number of para-hydroxylation sites is 1. The summed E-state index contributed by atoms with van der Waals surface area (Å²) in [5, 5.41) is 2.56. The van der Waals surface area contributed by atoms with Gasteiger partial charge in [0.1, 0.15) is 0 Å². The first kappa shape index (κ1) is 35.2. The first-order valence-corrected chi connectivity index (χ1v) is 17.9. The van der Waals surface area contributed by atoms with Crippen molar-refractivity contribution in [3.63, 3.8) is 0 Å². The van der Waals surface area contributed by atoms with Gasteiger partial charge < -0.3 is 9.55 Å². The molecule has 9 aromatic rings. The van der Waals surface area contributed by atoms with E-state index in [1.54, 1.807) is 6.20 Å². The van der Waals surface area contributed by atoms with Crippen LogP contribution in [0, 0.1) is 19.1 Å². The number of pyridine rings is 2. The van der Waals surface area contributed by atoms with Crippen molar-refractivity contribution in [3.05, 3.63) is 169 Å². The van der Waals surface area contributed by atoms with Crippen molar-refractivity contribution in [1.29, 1.82) is 0 Å². The number of thiophene rings is 1. The molecule has 0 unspecified atom stereocenters. The van der Waals surface area contributed by atoms with E-state index in [4.69, 9.17) is 4.98 Å². The van der Waals surface area contributed by atoms with Crippen molar-refractivity contribution >= 4 is 42.5 Å². The van der Waals surface area contributed by atoms with Gasteiger partial charge in [0.2, 0.25) is 0 Å². The Morgan fingerprint density at radius 3 is 2.21 bits per heavy atom. The van der Waals surface area contributed by atoms with Crippen LogP contribution in [-0.4, -0.2) is 19.5 Å². The number of aromatic nitrogens is 4. The van der Waals surface area contributed by atoms with Crippen LogP contribution >= 0.6 is 11.3 Å². The van der Waals surface area contributed by atoms with E-state index in [0.717, 1.165) is 39.4 Å². The number of benzene rings is 5. The second-order valence-corrected chi connectivity index (χ2v) is 14.7. The monoisotopic (exact) mass is 869 g/mol.